The van der Waals surface area contributed by atoms with Crippen LogP contribution in [-0.2, 0) is 6.61 Å². The minimum absolute atomic E-state index is 0.0452. The molecule has 72 valence electrons. The largest absolute Gasteiger partial charge is 0.391 e. The van der Waals surface area contributed by atoms with E-state index in [2.05, 4.69) is 9.97 Å². The van der Waals surface area contributed by atoms with Crippen LogP contribution in [0.4, 0.5) is 0 Å². The molecule has 2 heterocycles. The Kier molecular flexibility index (Phi) is 2.56. The Hall–Kier alpha value is -1.26. The Balaban J connectivity index is 2.34. The molecule has 2 rings (SSSR count). The van der Waals surface area contributed by atoms with E-state index in [1.165, 1.54) is 11.3 Å². The molecule has 0 saturated carbocycles. The molecule has 1 N–H and O–H groups in total. The third kappa shape index (κ3) is 1.81. The van der Waals surface area contributed by atoms with E-state index < -0.39 is 0 Å². The van der Waals surface area contributed by atoms with E-state index in [0.717, 1.165) is 21.1 Å². The fourth-order valence-corrected chi connectivity index (χ4v) is 1.84. The smallest absolute Gasteiger partial charge is 0.142 e. The van der Waals surface area contributed by atoms with Gasteiger partial charge in [0.2, 0.25) is 0 Å². The van der Waals surface area contributed by atoms with Gasteiger partial charge in [0.15, 0.2) is 0 Å². The van der Waals surface area contributed by atoms with E-state index in [0.29, 0.717) is 0 Å². The van der Waals surface area contributed by atoms with Crippen LogP contribution in [0.15, 0.2) is 24.5 Å². The molecule has 0 bridgehead atoms. The molecule has 0 saturated heterocycles. The predicted molar refractivity (Wildman–Crippen MR) is 56.0 cm³/mol. The van der Waals surface area contributed by atoms with Gasteiger partial charge < -0.3 is 5.11 Å². The number of aryl methyl sites for hydroxylation is 1. The van der Waals surface area contributed by atoms with E-state index in [4.69, 9.17) is 5.11 Å². The zero-order valence-corrected chi connectivity index (χ0v) is 8.58. The van der Waals surface area contributed by atoms with Crippen molar-refractivity contribution in [1.82, 2.24) is 9.97 Å². The van der Waals surface area contributed by atoms with Crippen molar-refractivity contribution in [3.05, 3.63) is 35.0 Å². The normalized spacial score (nSPS) is 10.4. The van der Waals surface area contributed by atoms with E-state index in [1.807, 2.05) is 25.3 Å². The molecule has 0 atom stereocenters. The summed E-state index contributed by atoms with van der Waals surface area (Å²) < 4.78 is 0. The number of thiazole rings is 1. The number of aliphatic hydroxyl groups excluding tert-OH is 1. The predicted octanol–water partition coefficient (Wildman–Crippen LogP) is 2.01. The molecule has 0 aliphatic heterocycles. The molecule has 0 spiro atoms. The number of aliphatic hydroxyl groups is 1. The van der Waals surface area contributed by atoms with Crippen LogP contribution < -0.4 is 0 Å². The molecule has 0 fully saturated rings. The SMILES string of the molecule is Cc1ccc(-c2ncc(CO)s2)nc1. The Bertz CT molecular complexity index is 422. The van der Waals surface area contributed by atoms with Crippen molar-refractivity contribution in [3.8, 4) is 10.7 Å². The maximum atomic E-state index is 8.89. The lowest BCUT2D eigenvalue weighted by molar-refractivity contribution is 0.285. The molecular weight excluding hydrogens is 196 g/mol. The van der Waals surface area contributed by atoms with Crippen LogP contribution in [0.5, 0.6) is 0 Å². The molecule has 0 unspecified atom stereocenters. The third-order valence-corrected chi connectivity index (χ3v) is 2.84. The van der Waals surface area contributed by atoms with Crippen molar-refractivity contribution >= 4 is 11.3 Å². The van der Waals surface area contributed by atoms with Crippen molar-refractivity contribution in [2.75, 3.05) is 0 Å². The fraction of sp³-hybridized carbons (Fsp3) is 0.200. The van der Waals surface area contributed by atoms with Crippen molar-refractivity contribution in [2.24, 2.45) is 0 Å². The molecule has 2 aromatic heterocycles. The molecule has 3 nitrogen and oxygen atoms in total. The fourth-order valence-electron chi connectivity index (χ4n) is 1.09. The van der Waals surface area contributed by atoms with Crippen LogP contribution in [0.1, 0.15) is 10.4 Å². The average molecular weight is 206 g/mol. The first-order chi connectivity index (χ1) is 6.79. The van der Waals surface area contributed by atoms with Gasteiger partial charge in [-0.2, -0.15) is 0 Å². The van der Waals surface area contributed by atoms with Gasteiger partial charge in [-0.1, -0.05) is 6.07 Å². The van der Waals surface area contributed by atoms with Gasteiger partial charge in [0.25, 0.3) is 0 Å². The van der Waals surface area contributed by atoms with Crippen LogP contribution in [0, 0.1) is 6.92 Å². The van der Waals surface area contributed by atoms with Crippen molar-refractivity contribution in [2.45, 2.75) is 13.5 Å². The van der Waals surface area contributed by atoms with Crippen molar-refractivity contribution < 1.29 is 5.11 Å². The Morgan fingerprint density at radius 1 is 1.29 bits per heavy atom. The third-order valence-electron chi connectivity index (χ3n) is 1.84. The van der Waals surface area contributed by atoms with E-state index in [-0.39, 0.29) is 6.61 Å². The minimum atomic E-state index is 0.0452. The van der Waals surface area contributed by atoms with Gasteiger partial charge in [0.1, 0.15) is 5.01 Å². The second-order valence-corrected chi connectivity index (χ2v) is 4.13. The topological polar surface area (TPSA) is 46.0 Å². The quantitative estimate of drug-likeness (QED) is 0.817. The van der Waals surface area contributed by atoms with Gasteiger partial charge in [-0.25, -0.2) is 4.98 Å². The van der Waals surface area contributed by atoms with E-state index >= 15 is 0 Å². The Labute approximate surface area is 86.1 Å². The molecule has 14 heavy (non-hydrogen) atoms. The van der Waals surface area contributed by atoms with Gasteiger partial charge in [-0.15, -0.1) is 11.3 Å². The first-order valence-corrected chi connectivity index (χ1v) is 5.10. The molecule has 0 aliphatic rings. The average Bonchev–Trinajstić information content (AvgIpc) is 2.67. The second kappa shape index (κ2) is 3.86. The van der Waals surface area contributed by atoms with Crippen LogP contribution in [0.2, 0.25) is 0 Å². The first kappa shape index (κ1) is 9.30. The lowest BCUT2D eigenvalue weighted by atomic mass is 10.3. The van der Waals surface area contributed by atoms with Gasteiger partial charge in [-0.05, 0) is 18.6 Å². The summed E-state index contributed by atoms with van der Waals surface area (Å²) in [5.41, 5.74) is 1.99. The second-order valence-electron chi connectivity index (χ2n) is 3.01. The molecular formula is C10H10N2OS. The summed E-state index contributed by atoms with van der Waals surface area (Å²) in [6.45, 7) is 2.04. The molecule has 0 amide bonds. The van der Waals surface area contributed by atoms with Gasteiger partial charge in [0, 0.05) is 12.4 Å². The Morgan fingerprint density at radius 3 is 2.71 bits per heavy atom. The highest BCUT2D eigenvalue weighted by molar-refractivity contribution is 7.14. The number of nitrogens with zero attached hydrogens (tertiary/aromatic N) is 2. The van der Waals surface area contributed by atoms with E-state index in [1.54, 1.807) is 6.20 Å². The van der Waals surface area contributed by atoms with Crippen LogP contribution in [0.3, 0.4) is 0 Å². The number of aromatic nitrogens is 2. The standard InChI is InChI=1S/C10H10N2OS/c1-7-2-3-9(11-4-7)10-12-5-8(6-13)14-10/h2-5,13H,6H2,1H3. The van der Waals surface area contributed by atoms with Crippen LogP contribution in [0.25, 0.3) is 10.7 Å². The summed E-state index contributed by atoms with van der Waals surface area (Å²) in [5, 5.41) is 9.75. The number of pyridine rings is 1. The summed E-state index contributed by atoms with van der Waals surface area (Å²) >= 11 is 1.47. The summed E-state index contributed by atoms with van der Waals surface area (Å²) in [4.78, 5) is 9.31. The molecule has 0 aliphatic carbocycles. The highest BCUT2D eigenvalue weighted by Crippen LogP contribution is 2.23. The summed E-state index contributed by atoms with van der Waals surface area (Å²) in [6, 6.07) is 3.94. The van der Waals surface area contributed by atoms with Gasteiger partial charge >= 0.3 is 0 Å². The van der Waals surface area contributed by atoms with Crippen molar-refractivity contribution in [1.29, 1.82) is 0 Å². The highest BCUT2D eigenvalue weighted by atomic mass is 32.1. The Morgan fingerprint density at radius 2 is 2.14 bits per heavy atom. The molecule has 0 aromatic carbocycles. The minimum Gasteiger partial charge on any atom is -0.391 e. The molecule has 0 radical (unpaired) electrons. The zero-order valence-electron chi connectivity index (χ0n) is 7.77. The molecule has 4 heteroatoms. The molecule has 2 aromatic rings. The van der Waals surface area contributed by atoms with Crippen LogP contribution in [-0.4, -0.2) is 15.1 Å². The van der Waals surface area contributed by atoms with Crippen molar-refractivity contribution in [3.63, 3.8) is 0 Å². The lowest BCUT2D eigenvalue weighted by Crippen LogP contribution is -1.81. The van der Waals surface area contributed by atoms with Gasteiger partial charge in [-0.3, -0.25) is 4.98 Å². The van der Waals surface area contributed by atoms with Crippen LogP contribution >= 0.6 is 11.3 Å². The van der Waals surface area contributed by atoms with Gasteiger partial charge in [0.05, 0.1) is 17.2 Å². The number of hydrogen-bond acceptors (Lipinski definition) is 4. The summed E-state index contributed by atoms with van der Waals surface area (Å²) in [7, 11) is 0. The number of rotatable bonds is 2. The highest BCUT2D eigenvalue weighted by Gasteiger charge is 2.04. The first-order valence-electron chi connectivity index (χ1n) is 4.28. The van der Waals surface area contributed by atoms with E-state index in [9.17, 15) is 0 Å². The zero-order chi connectivity index (χ0) is 9.97. The maximum Gasteiger partial charge on any atom is 0.142 e. The lowest BCUT2D eigenvalue weighted by Gasteiger charge is -1.95. The monoisotopic (exact) mass is 206 g/mol. The summed E-state index contributed by atoms with van der Waals surface area (Å²) in [6.07, 6.45) is 3.50. The summed E-state index contributed by atoms with van der Waals surface area (Å²) in [5.74, 6) is 0. The number of hydrogen-bond donors (Lipinski definition) is 1. The maximum absolute atomic E-state index is 8.89.